The Morgan fingerprint density at radius 3 is 2.78 bits per heavy atom. The highest BCUT2D eigenvalue weighted by atomic mass is 35.5. The summed E-state index contributed by atoms with van der Waals surface area (Å²) in [6.07, 6.45) is 5.34. The summed E-state index contributed by atoms with van der Waals surface area (Å²) in [5.74, 6) is 0. The molecule has 0 atom stereocenters. The molecule has 0 saturated heterocycles. The molecule has 0 bridgehead atoms. The predicted octanol–water partition coefficient (Wildman–Crippen LogP) is 1.43. The smallest absolute Gasteiger partial charge is 0.166 e. The molecular weight excluding hydrogens is 272 g/mol. The molecule has 1 aromatic rings. The van der Waals surface area contributed by atoms with Crippen LogP contribution in [0.15, 0.2) is 12.4 Å². The highest BCUT2D eigenvalue weighted by Gasteiger charge is 1.97. The van der Waals surface area contributed by atoms with Gasteiger partial charge in [-0.1, -0.05) is 11.6 Å². The lowest BCUT2D eigenvalue weighted by molar-refractivity contribution is 0.195. The maximum Gasteiger partial charge on any atom is 0.166 e. The van der Waals surface area contributed by atoms with Crippen LogP contribution < -0.4 is 10.6 Å². The zero-order valence-corrected chi connectivity index (χ0v) is 12.1. The highest BCUT2D eigenvalue weighted by Crippen LogP contribution is 2.04. The lowest BCUT2D eigenvalue weighted by Crippen LogP contribution is -2.36. The van der Waals surface area contributed by atoms with Crippen molar-refractivity contribution in [3.05, 3.63) is 17.4 Å². The van der Waals surface area contributed by atoms with Crippen LogP contribution in [0, 0.1) is 0 Å². The van der Waals surface area contributed by atoms with Crippen molar-refractivity contribution in [2.24, 2.45) is 0 Å². The van der Waals surface area contributed by atoms with Crippen LogP contribution in [0.5, 0.6) is 0 Å². The Morgan fingerprint density at radius 2 is 2.17 bits per heavy atom. The van der Waals surface area contributed by atoms with Gasteiger partial charge in [0, 0.05) is 39.5 Å². The Labute approximate surface area is 118 Å². The molecule has 0 spiro atoms. The molecule has 0 aromatic carbocycles. The van der Waals surface area contributed by atoms with Crippen molar-refractivity contribution in [1.82, 2.24) is 20.4 Å². The third kappa shape index (κ3) is 6.78. The maximum atomic E-state index is 5.77. The molecule has 0 radical (unpaired) electrons. The number of aryl methyl sites for hydroxylation is 1. The van der Waals surface area contributed by atoms with Gasteiger partial charge in [0.05, 0.1) is 11.2 Å². The Kier molecular flexibility index (Phi) is 7.71. The normalized spacial score (nSPS) is 10.3. The first-order chi connectivity index (χ1) is 8.72. The molecule has 1 aromatic heterocycles. The van der Waals surface area contributed by atoms with E-state index in [1.54, 1.807) is 13.3 Å². The molecule has 0 unspecified atom stereocenters. The molecule has 1 heterocycles. The Bertz CT molecular complexity index is 359. The van der Waals surface area contributed by atoms with Crippen LogP contribution in [0.25, 0.3) is 0 Å². The first kappa shape index (κ1) is 15.2. The van der Waals surface area contributed by atoms with Crippen molar-refractivity contribution in [2.45, 2.75) is 19.4 Å². The van der Waals surface area contributed by atoms with Crippen LogP contribution in [0.1, 0.15) is 12.8 Å². The van der Waals surface area contributed by atoms with Gasteiger partial charge in [0.1, 0.15) is 0 Å². The SMILES string of the molecule is COCCCNC(=S)NCCCn1cc(Cl)cn1. The van der Waals surface area contributed by atoms with E-state index in [1.165, 1.54) is 0 Å². The van der Waals surface area contributed by atoms with Gasteiger partial charge in [-0.05, 0) is 25.1 Å². The number of hydrogen-bond donors (Lipinski definition) is 2. The maximum absolute atomic E-state index is 5.77. The van der Waals surface area contributed by atoms with Gasteiger partial charge in [-0.15, -0.1) is 0 Å². The Hall–Kier alpha value is -0.850. The first-order valence-corrected chi connectivity index (χ1v) is 6.69. The van der Waals surface area contributed by atoms with Crippen molar-refractivity contribution in [1.29, 1.82) is 0 Å². The van der Waals surface area contributed by atoms with E-state index in [9.17, 15) is 0 Å². The second-order valence-electron chi connectivity index (χ2n) is 3.80. The molecule has 5 nitrogen and oxygen atoms in total. The molecule has 7 heteroatoms. The minimum Gasteiger partial charge on any atom is -0.385 e. The average Bonchev–Trinajstić information content (AvgIpc) is 2.76. The molecular formula is C11H19ClN4OS. The standard InChI is InChI=1S/C11H19ClN4OS/c1-17-7-3-5-14-11(18)13-4-2-6-16-9-10(12)8-15-16/h8-9H,2-7H2,1H3,(H2,13,14,18). The summed E-state index contributed by atoms with van der Waals surface area (Å²) in [5.41, 5.74) is 0. The molecule has 0 aliphatic carbocycles. The van der Waals surface area contributed by atoms with Gasteiger partial charge in [0.15, 0.2) is 5.11 Å². The quantitative estimate of drug-likeness (QED) is 0.560. The number of nitrogens with zero attached hydrogens (tertiary/aromatic N) is 2. The van der Waals surface area contributed by atoms with Gasteiger partial charge in [-0.3, -0.25) is 4.68 Å². The molecule has 0 fully saturated rings. The molecule has 0 aliphatic rings. The number of ether oxygens (including phenoxy) is 1. The van der Waals surface area contributed by atoms with Crippen LogP contribution >= 0.6 is 23.8 Å². The van der Waals surface area contributed by atoms with Gasteiger partial charge >= 0.3 is 0 Å². The fraction of sp³-hybridized carbons (Fsp3) is 0.636. The summed E-state index contributed by atoms with van der Waals surface area (Å²) in [5, 5.41) is 11.7. The van der Waals surface area contributed by atoms with Crippen LogP contribution in [0.4, 0.5) is 0 Å². The van der Waals surface area contributed by atoms with E-state index in [2.05, 4.69) is 15.7 Å². The van der Waals surface area contributed by atoms with Crippen LogP contribution in [0.2, 0.25) is 5.02 Å². The fourth-order valence-electron chi connectivity index (χ4n) is 1.38. The predicted molar refractivity (Wildman–Crippen MR) is 77.0 cm³/mol. The topological polar surface area (TPSA) is 51.1 Å². The molecule has 102 valence electrons. The van der Waals surface area contributed by atoms with Crippen molar-refractivity contribution in [2.75, 3.05) is 26.8 Å². The number of rotatable bonds is 8. The van der Waals surface area contributed by atoms with Gasteiger partial charge in [-0.2, -0.15) is 5.10 Å². The van der Waals surface area contributed by atoms with E-state index in [-0.39, 0.29) is 0 Å². The number of hydrogen-bond acceptors (Lipinski definition) is 3. The van der Waals surface area contributed by atoms with Crippen LogP contribution in [-0.2, 0) is 11.3 Å². The van der Waals surface area contributed by atoms with E-state index in [0.29, 0.717) is 10.1 Å². The van der Waals surface area contributed by atoms with Gasteiger partial charge < -0.3 is 15.4 Å². The number of aromatic nitrogens is 2. The molecule has 0 saturated carbocycles. The number of halogens is 1. The minimum absolute atomic E-state index is 0.665. The summed E-state index contributed by atoms with van der Waals surface area (Å²) in [6.45, 7) is 3.21. The third-order valence-electron chi connectivity index (χ3n) is 2.26. The van der Waals surface area contributed by atoms with E-state index in [4.69, 9.17) is 28.6 Å². The molecule has 0 aliphatic heterocycles. The van der Waals surface area contributed by atoms with Crippen LogP contribution in [-0.4, -0.2) is 41.7 Å². The molecule has 1 rings (SSSR count). The zero-order chi connectivity index (χ0) is 13.2. The summed E-state index contributed by atoms with van der Waals surface area (Å²) in [4.78, 5) is 0. The summed E-state index contributed by atoms with van der Waals surface area (Å²) >= 11 is 10.9. The number of nitrogens with one attached hydrogen (secondary N) is 2. The minimum atomic E-state index is 0.665. The van der Waals surface area contributed by atoms with Crippen molar-refractivity contribution < 1.29 is 4.74 Å². The summed E-state index contributed by atoms with van der Waals surface area (Å²) in [6, 6.07) is 0. The van der Waals surface area contributed by atoms with E-state index < -0.39 is 0 Å². The molecule has 2 N–H and O–H groups in total. The number of thiocarbonyl (C=S) groups is 1. The first-order valence-electron chi connectivity index (χ1n) is 5.91. The van der Waals surface area contributed by atoms with E-state index in [0.717, 1.165) is 39.1 Å². The van der Waals surface area contributed by atoms with Crippen molar-refractivity contribution in [3.8, 4) is 0 Å². The van der Waals surface area contributed by atoms with E-state index in [1.807, 2.05) is 10.9 Å². The lowest BCUT2D eigenvalue weighted by atomic mass is 10.4. The molecule has 0 amide bonds. The number of methoxy groups -OCH3 is 1. The highest BCUT2D eigenvalue weighted by molar-refractivity contribution is 7.80. The molecule has 18 heavy (non-hydrogen) atoms. The fourth-order valence-corrected chi connectivity index (χ4v) is 1.74. The summed E-state index contributed by atoms with van der Waals surface area (Å²) in [7, 11) is 1.69. The Balaban J connectivity index is 1.98. The van der Waals surface area contributed by atoms with Crippen LogP contribution in [0.3, 0.4) is 0 Å². The van der Waals surface area contributed by atoms with Gasteiger partial charge in [-0.25, -0.2) is 0 Å². The zero-order valence-electron chi connectivity index (χ0n) is 10.5. The third-order valence-corrected chi connectivity index (χ3v) is 2.75. The van der Waals surface area contributed by atoms with E-state index >= 15 is 0 Å². The Morgan fingerprint density at radius 1 is 1.44 bits per heavy atom. The largest absolute Gasteiger partial charge is 0.385 e. The van der Waals surface area contributed by atoms with Gasteiger partial charge in [0.2, 0.25) is 0 Å². The average molecular weight is 291 g/mol. The van der Waals surface area contributed by atoms with Crippen molar-refractivity contribution >= 4 is 28.9 Å². The monoisotopic (exact) mass is 290 g/mol. The summed E-state index contributed by atoms with van der Waals surface area (Å²) < 4.78 is 6.77. The lowest BCUT2D eigenvalue weighted by Gasteiger charge is -2.10. The van der Waals surface area contributed by atoms with Gasteiger partial charge in [0.25, 0.3) is 0 Å². The second-order valence-corrected chi connectivity index (χ2v) is 4.65. The van der Waals surface area contributed by atoms with Crippen molar-refractivity contribution in [3.63, 3.8) is 0 Å². The second kappa shape index (κ2) is 9.13.